The lowest BCUT2D eigenvalue weighted by molar-refractivity contribution is -0.143. The third-order valence-electron chi connectivity index (χ3n) is 3.66. The highest BCUT2D eigenvalue weighted by atomic mass is 16.5. The Hall–Kier alpha value is -2.62. The van der Waals surface area contributed by atoms with Gasteiger partial charge in [0.1, 0.15) is 0 Å². The largest absolute Gasteiger partial charge is 0.466 e. The highest BCUT2D eigenvalue weighted by Gasteiger charge is 2.19. The first-order valence-electron chi connectivity index (χ1n) is 8.14. The van der Waals surface area contributed by atoms with Crippen LogP contribution in [-0.2, 0) is 20.7 Å². The van der Waals surface area contributed by atoms with Crippen molar-refractivity contribution in [3.05, 3.63) is 71.3 Å². The molecule has 0 saturated carbocycles. The SMILES string of the molecule is CCOC(=O)CC(NC(=O)Cc1cccc(C)c1)c1ccccc1. The van der Waals surface area contributed by atoms with Gasteiger partial charge in [0, 0.05) is 0 Å². The van der Waals surface area contributed by atoms with E-state index in [9.17, 15) is 9.59 Å². The molecule has 0 aliphatic heterocycles. The van der Waals surface area contributed by atoms with Crippen molar-refractivity contribution in [1.82, 2.24) is 5.32 Å². The first-order chi connectivity index (χ1) is 11.6. The topological polar surface area (TPSA) is 55.4 Å². The minimum Gasteiger partial charge on any atom is -0.466 e. The fourth-order valence-corrected chi connectivity index (χ4v) is 2.58. The summed E-state index contributed by atoms with van der Waals surface area (Å²) in [4.78, 5) is 24.2. The molecule has 1 unspecified atom stereocenters. The molecule has 1 amide bonds. The highest BCUT2D eigenvalue weighted by Crippen LogP contribution is 2.17. The summed E-state index contributed by atoms with van der Waals surface area (Å²) in [7, 11) is 0. The van der Waals surface area contributed by atoms with E-state index in [-0.39, 0.29) is 30.8 Å². The van der Waals surface area contributed by atoms with Crippen LogP contribution in [0, 0.1) is 6.92 Å². The van der Waals surface area contributed by atoms with Gasteiger partial charge in [0.2, 0.25) is 5.91 Å². The summed E-state index contributed by atoms with van der Waals surface area (Å²) in [5.41, 5.74) is 2.96. The lowest BCUT2D eigenvalue weighted by Crippen LogP contribution is -2.31. The molecular weight excluding hydrogens is 302 g/mol. The Morgan fingerprint density at radius 2 is 1.83 bits per heavy atom. The molecule has 2 rings (SSSR count). The predicted molar refractivity (Wildman–Crippen MR) is 93.5 cm³/mol. The second-order valence-electron chi connectivity index (χ2n) is 5.71. The van der Waals surface area contributed by atoms with E-state index in [1.165, 1.54) is 0 Å². The van der Waals surface area contributed by atoms with Crippen LogP contribution in [0.2, 0.25) is 0 Å². The maximum absolute atomic E-state index is 12.4. The van der Waals surface area contributed by atoms with Crippen molar-refractivity contribution < 1.29 is 14.3 Å². The monoisotopic (exact) mass is 325 g/mol. The van der Waals surface area contributed by atoms with Crippen molar-refractivity contribution in [2.24, 2.45) is 0 Å². The predicted octanol–water partition coefficient (Wildman–Crippen LogP) is 3.35. The average Bonchev–Trinajstić information content (AvgIpc) is 2.55. The molecule has 2 aromatic carbocycles. The molecule has 0 radical (unpaired) electrons. The molecule has 0 heterocycles. The van der Waals surface area contributed by atoms with E-state index < -0.39 is 0 Å². The molecule has 4 nitrogen and oxygen atoms in total. The van der Waals surface area contributed by atoms with Gasteiger partial charge in [-0.2, -0.15) is 0 Å². The van der Waals surface area contributed by atoms with Gasteiger partial charge in [-0.05, 0) is 25.0 Å². The number of hydrogen-bond donors (Lipinski definition) is 1. The summed E-state index contributed by atoms with van der Waals surface area (Å²) in [6.45, 7) is 4.10. The number of hydrogen-bond acceptors (Lipinski definition) is 3. The zero-order valence-electron chi connectivity index (χ0n) is 14.1. The van der Waals surface area contributed by atoms with Crippen molar-refractivity contribution in [2.45, 2.75) is 32.7 Å². The Bertz CT molecular complexity index is 682. The van der Waals surface area contributed by atoms with Gasteiger partial charge < -0.3 is 10.1 Å². The zero-order chi connectivity index (χ0) is 17.4. The number of nitrogens with one attached hydrogen (secondary N) is 1. The second kappa shape index (κ2) is 8.87. The number of amides is 1. The van der Waals surface area contributed by atoms with E-state index in [0.29, 0.717) is 6.61 Å². The minimum atomic E-state index is -0.387. The Morgan fingerprint density at radius 1 is 1.08 bits per heavy atom. The van der Waals surface area contributed by atoms with Crippen LogP contribution in [0.4, 0.5) is 0 Å². The fourth-order valence-electron chi connectivity index (χ4n) is 2.58. The van der Waals surface area contributed by atoms with Crippen LogP contribution in [0.15, 0.2) is 54.6 Å². The van der Waals surface area contributed by atoms with E-state index in [2.05, 4.69) is 5.32 Å². The van der Waals surface area contributed by atoms with Crippen molar-refractivity contribution in [3.63, 3.8) is 0 Å². The molecule has 0 spiro atoms. The smallest absolute Gasteiger partial charge is 0.308 e. The number of aryl methyl sites for hydroxylation is 1. The number of rotatable bonds is 7. The molecular formula is C20H23NO3. The number of carbonyl (C=O) groups excluding carboxylic acids is 2. The lowest BCUT2D eigenvalue weighted by atomic mass is 10.0. The quantitative estimate of drug-likeness (QED) is 0.794. The van der Waals surface area contributed by atoms with Crippen molar-refractivity contribution >= 4 is 11.9 Å². The molecule has 0 aliphatic rings. The Kier molecular flexibility index (Phi) is 6.55. The standard InChI is InChI=1S/C20H23NO3/c1-3-24-20(23)14-18(17-10-5-4-6-11-17)21-19(22)13-16-9-7-8-15(2)12-16/h4-12,18H,3,13-14H2,1-2H3,(H,21,22). The molecule has 126 valence electrons. The van der Waals surface area contributed by atoms with Gasteiger partial charge in [0.25, 0.3) is 0 Å². The maximum atomic E-state index is 12.4. The lowest BCUT2D eigenvalue weighted by Gasteiger charge is -2.18. The Morgan fingerprint density at radius 3 is 2.50 bits per heavy atom. The Labute approximate surface area is 142 Å². The van der Waals surface area contributed by atoms with E-state index in [1.54, 1.807) is 6.92 Å². The number of ether oxygens (including phenoxy) is 1. The molecule has 0 aliphatic carbocycles. The van der Waals surface area contributed by atoms with Crippen molar-refractivity contribution in [3.8, 4) is 0 Å². The van der Waals surface area contributed by atoms with Gasteiger partial charge in [-0.1, -0.05) is 60.2 Å². The summed E-state index contributed by atoms with van der Waals surface area (Å²) in [6, 6.07) is 16.9. The van der Waals surface area contributed by atoms with Crippen LogP contribution < -0.4 is 5.32 Å². The van der Waals surface area contributed by atoms with Crippen LogP contribution in [0.5, 0.6) is 0 Å². The summed E-state index contributed by atoms with van der Waals surface area (Å²) < 4.78 is 5.02. The fraction of sp³-hybridized carbons (Fsp3) is 0.300. The van der Waals surface area contributed by atoms with E-state index in [4.69, 9.17) is 4.74 Å². The number of esters is 1. The molecule has 4 heteroatoms. The average molecular weight is 325 g/mol. The van der Waals surface area contributed by atoms with Crippen LogP contribution in [0.1, 0.15) is 36.1 Å². The summed E-state index contributed by atoms with van der Waals surface area (Å²) >= 11 is 0. The van der Waals surface area contributed by atoms with Crippen molar-refractivity contribution in [2.75, 3.05) is 6.61 Å². The second-order valence-corrected chi connectivity index (χ2v) is 5.71. The summed E-state index contributed by atoms with van der Waals surface area (Å²) in [5.74, 6) is -0.430. The molecule has 0 fully saturated rings. The minimum absolute atomic E-state index is 0.112. The van der Waals surface area contributed by atoms with E-state index in [1.807, 2.05) is 61.5 Å². The molecule has 0 saturated heterocycles. The van der Waals surface area contributed by atoms with Gasteiger partial charge in [0.05, 0.1) is 25.5 Å². The van der Waals surface area contributed by atoms with Crippen molar-refractivity contribution in [1.29, 1.82) is 0 Å². The number of benzene rings is 2. The highest BCUT2D eigenvalue weighted by molar-refractivity contribution is 5.80. The Balaban J connectivity index is 2.06. The third kappa shape index (κ3) is 5.54. The van der Waals surface area contributed by atoms with Gasteiger partial charge in [0.15, 0.2) is 0 Å². The molecule has 1 N–H and O–H groups in total. The molecule has 0 bridgehead atoms. The van der Waals surface area contributed by atoms with Crippen LogP contribution >= 0.6 is 0 Å². The van der Waals surface area contributed by atoms with Gasteiger partial charge in [-0.3, -0.25) is 9.59 Å². The third-order valence-corrected chi connectivity index (χ3v) is 3.66. The van der Waals surface area contributed by atoms with Gasteiger partial charge in [-0.25, -0.2) is 0 Å². The van der Waals surface area contributed by atoms with E-state index >= 15 is 0 Å². The van der Waals surface area contributed by atoms with Crippen LogP contribution in [-0.4, -0.2) is 18.5 Å². The molecule has 1 atom stereocenters. The molecule has 24 heavy (non-hydrogen) atoms. The first kappa shape index (κ1) is 17.7. The number of carbonyl (C=O) groups is 2. The zero-order valence-corrected chi connectivity index (χ0v) is 14.1. The summed E-state index contributed by atoms with van der Waals surface area (Å²) in [6.07, 6.45) is 0.408. The first-order valence-corrected chi connectivity index (χ1v) is 8.14. The molecule has 2 aromatic rings. The molecule has 0 aromatic heterocycles. The van der Waals surface area contributed by atoms with Gasteiger partial charge >= 0.3 is 5.97 Å². The summed E-state index contributed by atoms with van der Waals surface area (Å²) in [5, 5.41) is 2.95. The van der Waals surface area contributed by atoms with E-state index in [0.717, 1.165) is 16.7 Å². The van der Waals surface area contributed by atoms with Crippen LogP contribution in [0.25, 0.3) is 0 Å². The van der Waals surface area contributed by atoms with Gasteiger partial charge in [-0.15, -0.1) is 0 Å². The normalized spacial score (nSPS) is 11.6. The van der Waals surface area contributed by atoms with Crippen LogP contribution in [0.3, 0.4) is 0 Å². The maximum Gasteiger partial charge on any atom is 0.308 e.